The van der Waals surface area contributed by atoms with Crippen LogP contribution in [-0.4, -0.2) is 29.6 Å². The van der Waals surface area contributed by atoms with Gasteiger partial charge in [-0.2, -0.15) is 0 Å². The van der Waals surface area contributed by atoms with Gasteiger partial charge in [-0.25, -0.2) is 9.78 Å². The van der Waals surface area contributed by atoms with Gasteiger partial charge < -0.3 is 15.4 Å². The summed E-state index contributed by atoms with van der Waals surface area (Å²) in [6, 6.07) is 8.88. The minimum Gasteiger partial charge on any atom is -0.445 e. The number of hydrogen-bond acceptors (Lipinski definition) is 5. The highest BCUT2D eigenvalue weighted by Crippen LogP contribution is 2.27. The number of aryl methyl sites for hydroxylation is 3. The maximum atomic E-state index is 12.7. The SMILES string of the molecule is CC[C@H](C)[C@H](NC(=O)OCc1ccccc1)C(=O)NCCCc1nc2c(s1)CCCC2. The highest BCUT2D eigenvalue weighted by atomic mass is 32.1. The average molecular weight is 444 g/mol. The maximum Gasteiger partial charge on any atom is 0.408 e. The molecule has 1 aromatic heterocycles. The number of ether oxygens (including phenoxy) is 1. The van der Waals surface area contributed by atoms with Crippen LogP contribution in [0.4, 0.5) is 4.79 Å². The molecule has 0 saturated carbocycles. The molecule has 2 amide bonds. The predicted octanol–water partition coefficient (Wildman–Crippen LogP) is 4.41. The molecule has 1 heterocycles. The van der Waals surface area contributed by atoms with E-state index in [2.05, 4.69) is 10.6 Å². The molecule has 31 heavy (non-hydrogen) atoms. The molecular weight excluding hydrogens is 410 g/mol. The molecule has 0 fully saturated rings. The van der Waals surface area contributed by atoms with Crippen LogP contribution in [0.3, 0.4) is 0 Å². The third-order valence-electron chi connectivity index (χ3n) is 5.74. The van der Waals surface area contributed by atoms with Crippen LogP contribution in [0.25, 0.3) is 0 Å². The molecule has 2 atom stereocenters. The summed E-state index contributed by atoms with van der Waals surface area (Å²) in [6.45, 7) is 4.71. The van der Waals surface area contributed by atoms with Gasteiger partial charge in [0.05, 0.1) is 10.7 Å². The topological polar surface area (TPSA) is 80.3 Å². The summed E-state index contributed by atoms with van der Waals surface area (Å²) in [7, 11) is 0. The Morgan fingerprint density at radius 2 is 1.97 bits per heavy atom. The molecule has 0 unspecified atom stereocenters. The highest BCUT2D eigenvalue weighted by Gasteiger charge is 2.26. The van der Waals surface area contributed by atoms with Crippen molar-refractivity contribution in [3.63, 3.8) is 0 Å². The van der Waals surface area contributed by atoms with Crippen molar-refractivity contribution in [2.45, 2.75) is 71.4 Å². The molecule has 0 radical (unpaired) electrons. The van der Waals surface area contributed by atoms with Crippen molar-refractivity contribution in [1.29, 1.82) is 0 Å². The van der Waals surface area contributed by atoms with Crippen molar-refractivity contribution < 1.29 is 14.3 Å². The van der Waals surface area contributed by atoms with E-state index in [-0.39, 0.29) is 18.4 Å². The fourth-order valence-electron chi connectivity index (χ4n) is 3.67. The van der Waals surface area contributed by atoms with E-state index in [1.54, 1.807) is 0 Å². The van der Waals surface area contributed by atoms with Gasteiger partial charge in [0.25, 0.3) is 0 Å². The van der Waals surface area contributed by atoms with Gasteiger partial charge in [-0.1, -0.05) is 50.6 Å². The molecular formula is C24H33N3O3S. The first-order valence-corrected chi connectivity index (χ1v) is 12.1. The van der Waals surface area contributed by atoms with Gasteiger partial charge in [0, 0.05) is 17.8 Å². The van der Waals surface area contributed by atoms with Crippen molar-refractivity contribution >= 4 is 23.3 Å². The van der Waals surface area contributed by atoms with E-state index in [1.165, 1.54) is 28.4 Å². The lowest BCUT2D eigenvalue weighted by molar-refractivity contribution is -0.124. The Labute approximate surface area is 188 Å². The van der Waals surface area contributed by atoms with Gasteiger partial charge in [-0.3, -0.25) is 4.79 Å². The van der Waals surface area contributed by atoms with Gasteiger partial charge in [0.15, 0.2) is 0 Å². The lowest BCUT2D eigenvalue weighted by Gasteiger charge is -2.23. The smallest absolute Gasteiger partial charge is 0.408 e. The Morgan fingerprint density at radius 1 is 1.19 bits per heavy atom. The summed E-state index contributed by atoms with van der Waals surface area (Å²) in [5, 5.41) is 6.89. The molecule has 168 valence electrons. The lowest BCUT2D eigenvalue weighted by Crippen LogP contribution is -2.50. The fraction of sp³-hybridized carbons (Fsp3) is 0.542. The largest absolute Gasteiger partial charge is 0.445 e. The van der Waals surface area contributed by atoms with E-state index in [0.717, 1.165) is 37.7 Å². The molecule has 0 spiro atoms. The zero-order valence-electron chi connectivity index (χ0n) is 18.5. The summed E-state index contributed by atoms with van der Waals surface area (Å²) in [5.41, 5.74) is 2.19. The Balaban J connectivity index is 1.43. The minimum atomic E-state index is -0.611. The van der Waals surface area contributed by atoms with Crippen molar-refractivity contribution in [2.24, 2.45) is 5.92 Å². The average Bonchev–Trinajstić information content (AvgIpc) is 3.22. The second-order valence-corrected chi connectivity index (χ2v) is 9.32. The number of benzene rings is 1. The minimum absolute atomic E-state index is 0.00922. The van der Waals surface area contributed by atoms with Crippen molar-refractivity contribution in [3.05, 3.63) is 51.5 Å². The molecule has 1 aromatic carbocycles. The monoisotopic (exact) mass is 443 g/mol. The first-order chi connectivity index (χ1) is 15.1. The van der Waals surface area contributed by atoms with Crippen LogP contribution in [0.5, 0.6) is 0 Å². The number of rotatable bonds is 10. The van der Waals surface area contributed by atoms with Crippen LogP contribution in [-0.2, 0) is 35.4 Å². The summed E-state index contributed by atoms with van der Waals surface area (Å²) in [6.07, 6.45) is 6.69. The van der Waals surface area contributed by atoms with Crippen molar-refractivity contribution in [1.82, 2.24) is 15.6 Å². The second kappa shape index (κ2) is 11.8. The number of amides is 2. The van der Waals surface area contributed by atoms with Crippen LogP contribution in [0, 0.1) is 5.92 Å². The normalized spacial score (nSPS) is 14.9. The fourth-order valence-corrected chi connectivity index (χ4v) is 4.87. The van der Waals surface area contributed by atoms with Crippen molar-refractivity contribution in [2.75, 3.05) is 6.54 Å². The number of thiazole rings is 1. The number of hydrogen-bond donors (Lipinski definition) is 2. The van der Waals surface area contributed by atoms with E-state index < -0.39 is 12.1 Å². The van der Waals surface area contributed by atoms with Crippen LogP contribution >= 0.6 is 11.3 Å². The van der Waals surface area contributed by atoms with Gasteiger partial charge >= 0.3 is 6.09 Å². The Bertz CT molecular complexity index is 830. The van der Waals surface area contributed by atoms with E-state index in [0.29, 0.717) is 6.54 Å². The van der Waals surface area contributed by atoms with Gasteiger partial charge in [-0.05, 0) is 43.6 Å². The van der Waals surface area contributed by atoms with Crippen LogP contribution in [0.15, 0.2) is 30.3 Å². The van der Waals surface area contributed by atoms with Gasteiger partial charge in [0.2, 0.25) is 5.91 Å². The Hall–Kier alpha value is -2.41. The summed E-state index contributed by atoms with van der Waals surface area (Å²) in [5.74, 6) is -0.153. The zero-order valence-corrected chi connectivity index (χ0v) is 19.3. The maximum absolute atomic E-state index is 12.7. The third-order valence-corrected chi connectivity index (χ3v) is 6.96. The summed E-state index contributed by atoms with van der Waals surface area (Å²) in [4.78, 5) is 31.2. The molecule has 1 aliphatic rings. The third kappa shape index (κ3) is 7.06. The van der Waals surface area contributed by atoms with E-state index in [4.69, 9.17) is 9.72 Å². The quantitative estimate of drug-likeness (QED) is 0.533. The van der Waals surface area contributed by atoms with E-state index in [9.17, 15) is 9.59 Å². The molecule has 7 heteroatoms. The molecule has 0 bridgehead atoms. The Kier molecular flexibility index (Phi) is 8.88. The van der Waals surface area contributed by atoms with Crippen LogP contribution in [0.1, 0.15) is 60.7 Å². The van der Waals surface area contributed by atoms with E-state index >= 15 is 0 Å². The number of carbonyl (C=O) groups excluding carboxylic acids is 2. The highest BCUT2D eigenvalue weighted by molar-refractivity contribution is 7.11. The molecule has 0 saturated heterocycles. The number of fused-ring (bicyclic) bond motifs is 1. The molecule has 2 N–H and O–H groups in total. The zero-order chi connectivity index (χ0) is 22.1. The van der Waals surface area contributed by atoms with E-state index in [1.807, 2.05) is 55.5 Å². The second-order valence-electron chi connectivity index (χ2n) is 8.15. The molecule has 2 aromatic rings. The summed E-state index contributed by atoms with van der Waals surface area (Å²) >= 11 is 1.82. The molecule has 0 aliphatic heterocycles. The molecule has 1 aliphatic carbocycles. The number of carbonyl (C=O) groups is 2. The standard InChI is InChI=1S/C24H33N3O3S/c1-3-17(2)22(27-24(29)30-16-18-10-5-4-6-11-18)23(28)25-15-9-14-21-26-19-12-7-8-13-20(19)31-21/h4-6,10-11,17,22H,3,7-9,12-16H2,1-2H3,(H,25,28)(H,27,29)/t17-,22-/m0/s1. The van der Waals surface area contributed by atoms with Gasteiger partial charge in [-0.15, -0.1) is 11.3 Å². The molecule has 3 rings (SSSR count). The first kappa shape index (κ1) is 23.3. The number of nitrogens with one attached hydrogen (secondary N) is 2. The van der Waals surface area contributed by atoms with Crippen LogP contribution in [0.2, 0.25) is 0 Å². The predicted molar refractivity (Wildman–Crippen MR) is 123 cm³/mol. The number of nitrogens with zero attached hydrogens (tertiary/aromatic N) is 1. The van der Waals surface area contributed by atoms with Crippen molar-refractivity contribution in [3.8, 4) is 0 Å². The first-order valence-electron chi connectivity index (χ1n) is 11.3. The number of aromatic nitrogens is 1. The molecule has 6 nitrogen and oxygen atoms in total. The summed E-state index contributed by atoms with van der Waals surface area (Å²) < 4.78 is 5.29. The lowest BCUT2D eigenvalue weighted by atomic mass is 9.98. The van der Waals surface area contributed by atoms with Crippen LogP contribution < -0.4 is 10.6 Å². The number of alkyl carbamates (subject to hydrolysis) is 1. The van der Waals surface area contributed by atoms with Gasteiger partial charge in [0.1, 0.15) is 12.6 Å². The Morgan fingerprint density at radius 3 is 2.71 bits per heavy atom.